The summed E-state index contributed by atoms with van der Waals surface area (Å²) in [6.07, 6.45) is 4.57. The quantitative estimate of drug-likeness (QED) is 0.674. The van der Waals surface area contributed by atoms with Crippen LogP contribution in [0.25, 0.3) is 11.1 Å². The van der Waals surface area contributed by atoms with Crippen LogP contribution in [0.2, 0.25) is 0 Å². The van der Waals surface area contributed by atoms with Crippen molar-refractivity contribution >= 4 is 17.5 Å². The molecule has 0 aliphatic carbocycles. The highest BCUT2D eigenvalue weighted by atomic mass is 16.5. The molecule has 0 aliphatic rings. The van der Waals surface area contributed by atoms with Gasteiger partial charge in [-0.25, -0.2) is 19.7 Å². The Morgan fingerprint density at radius 2 is 1.80 bits per heavy atom. The molecule has 0 unspecified atom stereocenters. The number of hydrogen-bond acceptors (Lipinski definition) is 6. The van der Waals surface area contributed by atoms with E-state index in [1.54, 1.807) is 18.3 Å². The number of ether oxygens (including phenoxy) is 1. The van der Waals surface area contributed by atoms with Gasteiger partial charge in [-0.05, 0) is 29.8 Å². The van der Waals surface area contributed by atoms with Gasteiger partial charge in [-0.1, -0.05) is 12.1 Å². The number of nitrogen functional groups attached to an aromatic ring is 1. The molecule has 8 heteroatoms. The number of rotatable bonds is 4. The van der Waals surface area contributed by atoms with Crippen molar-refractivity contribution in [2.75, 3.05) is 18.1 Å². The lowest BCUT2D eigenvalue weighted by Crippen LogP contribution is -2.24. The molecule has 126 valence electrons. The summed E-state index contributed by atoms with van der Waals surface area (Å²) >= 11 is 0. The van der Waals surface area contributed by atoms with E-state index >= 15 is 0 Å². The molecule has 0 saturated heterocycles. The summed E-state index contributed by atoms with van der Waals surface area (Å²) in [7, 11) is 1.52. The Morgan fingerprint density at radius 3 is 2.44 bits per heavy atom. The molecule has 0 radical (unpaired) electrons. The molecule has 0 spiro atoms. The van der Waals surface area contributed by atoms with Crippen LogP contribution in [-0.4, -0.2) is 28.0 Å². The first kappa shape index (κ1) is 16.2. The first-order valence-electron chi connectivity index (χ1n) is 7.45. The summed E-state index contributed by atoms with van der Waals surface area (Å²) < 4.78 is 5.59. The van der Waals surface area contributed by atoms with Crippen LogP contribution in [-0.2, 0) is 0 Å². The molecule has 3 rings (SSSR count). The highest BCUT2D eigenvalue weighted by molar-refractivity contribution is 5.88. The normalized spacial score (nSPS) is 10.1. The third-order valence-corrected chi connectivity index (χ3v) is 3.33. The van der Waals surface area contributed by atoms with E-state index in [-0.39, 0.29) is 12.0 Å². The molecule has 0 aliphatic heterocycles. The Hall–Kier alpha value is -3.68. The standard InChI is InChI=1S/C17H16N6O2/c1-19-16(24)23-12-9-21-17(22-10-12)25-13-6-4-11(5-7-13)14-3-2-8-20-15(14)18/h2-10H,1H3,(H2,18,20)(H2,19,23,24). The maximum Gasteiger partial charge on any atom is 0.322 e. The highest BCUT2D eigenvalue weighted by Crippen LogP contribution is 2.27. The lowest BCUT2D eigenvalue weighted by Gasteiger charge is -2.07. The van der Waals surface area contributed by atoms with Crippen molar-refractivity contribution in [3.63, 3.8) is 0 Å². The van der Waals surface area contributed by atoms with Gasteiger partial charge in [0.1, 0.15) is 11.6 Å². The summed E-state index contributed by atoms with van der Waals surface area (Å²) in [4.78, 5) is 23.4. The zero-order chi connectivity index (χ0) is 17.6. The van der Waals surface area contributed by atoms with Gasteiger partial charge < -0.3 is 21.1 Å². The first-order chi connectivity index (χ1) is 12.2. The third kappa shape index (κ3) is 3.99. The van der Waals surface area contributed by atoms with Crippen LogP contribution in [0, 0.1) is 0 Å². The number of hydrogen-bond donors (Lipinski definition) is 3. The molecule has 3 aromatic rings. The van der Waals surface area contributed by atoms with E-state index in [1.165, 1.54) is 19.4 Å². The minimum atomic E-state index is -0.345. The average molecular weight is 336 g/mol. The molecule has 0 saturated carbocycles. The summed E-state index contributed by atoms with van der Waals surface area (Å²) in [5.74, 6) is 1.05. The van der Waals surface area contributed by atoms with Crippen molar-refractivity contribution in [2.45, 2.75) is 0 Å². The topological polar surface area (TPSA) is 115 Å². The lowest BCUT2D eigenvalue weighted by molar-refractivity contribution is 0.254. The number of carbonyl (C=O) groups is 1. The maximum absolute atomic E-state index is 11.2. The second kappa shape index (κ2) is 7.26. The van der Waals surface area contributed by atoms with Crippen molar-refractivity contribution in [3.05, 3.63) is 55.0 Å². The van der Waals surface area contributed by atoms with Crippen LogP contribution < -0.4 is 21.1 Å². The molecule has 2 amide bonds. The van der Waals surface area contributed by atoms with Crippen LogP contribution in [0.5, 0.6) is 11.8 Å². The highest BCUT2D eigenvalue weighted by Gasteiger charge is 2.06. The number of urea groups is 1. The summed E-state index contributed by atoms with van der Waals surface area (Å²) in [5.41, 5.74) is 8.13. The predicted octanol–water partition coefficient (Wildman–Crippen LogP) is 2.66. The van der Waals surface area contributed by atoms with Gasteiger partial charge in [0.05, 0.1) is 18.1 Å². The molecule has 0 bridgehead atoms. The number of pyridine rings is 1. The zero-order valence-corrected chi connectivity index (χ0v) is 13.4. The molecule has 4 N–H and O–H groups in total. The van der Waals surface area contributed by atoms with Crippen molar-refractivity contribution in [1.29, 1.82) is 0 Å². The average Bonchev–Trinajstić information content (AvgIpc) is 2.64. The fourth-order valence-electron chi connectivity index (χ4n) is 2.10. The summed E-state index contributed by atoms with van der Waals surface area (Å²) in [6, 6.07) is 10.9. The molecule has 2 heterocycles. The number of anilines is 2. The number of nitrogens with one attached hydrogen (secondary N) is 2. The summed E-state index contributed by atoms with van der Waals surface area (Å²) in [5, 5.41) is 5.01. The molecule has 1 aromatic carbocycles. The van der Waals surface area contributed by atoms with Crippen LogP contribution in [0.15, 0.2) is 55.0 Å². The Kier molecular flexibility index (Phi) is 4.70. The Balaban J connectivity index is 1.69. The van der Waals surface area contributed by atoms with E-state index < -0.39 is 0 Å². The minimum absolute atomic E-state index is 0.177. The largest absolute Gasteiger partial charge is 0.424 e. The summed E-state index contributed by atoms with van der Waals surface area (Å²) in [6.45, 7) is 0. The van der Waals surface area contributed by atoms with Gasteiger partial charge in [0.2, 0.25) is 0 Å². The number of nitrogens with zero attached hydrogens (tertiary/aromatic N) is 3. The number of benzene rings is 1. The molecule has 0 fully saturated rings. The van der Waals surface area contributed by atoms with Gasteiger partial charge in [-0.15, -0.1) is 0 Å². The van der Waals surface area contributed by atoms with Crippen molar-refractivity contribution in [2.24, 2.45) is 0 Å². The van der Waals surface area contributed by atoms with E-state index in [4.69, 9.17) is 10.5 Å². The maximum atomic E-state index is 11.2. The van der Waals surface area contributed by atoms with Crippen molar-refractivity contribution in [3.8, 4) is 22.9 Å². The molecular formula is C17H16N6O2. The first-order valence-corrected chi connectivity index (χ1v) is 7.45. The van der Waals surface area contributed by atoms with E-state index in [1.807, 2.05) is 24.3 Å². The van der Waals surface area contributed by atoms with Gasteiger partial charge in [-0.2, -0.15) is 0 Å². The van der Waals surface area contributed by atoms with E-state index in [9.17, 15) is 4.79 Å². The van der Waals surface area contributed by atoms with Crippen LogP contribution in [0.3, 0.4) is 0 Å². The third-order valence-electron chi connectivity index (χ3n) is 3.33. The Labute approximate surface area is 144 Å². The molecular weight excluding hydrogens is 320 g/mol. The molecule has 0 atom stereocenters. The minimum Gasteiger partial charge on any atom is -0.424 e. The van der Waals surface area contributed by atoms with Crippen LogP contribution in [0.1, 0.15) is 0 Å². The van der Waals surface area contributed by atoms with Crippen LogP contribution in [0.4, 0.5) is 16.3 Å². The number of nitrogens with two attached hydrogens (primary N) is 1. The monoisotopic (exact) mass is 336 g/mol. The zero-order valence-electron chi connectivity index (χ0n) is 13.4. The molecule has 25 heavy (non-hydrogen) atoms. The SMILES string of the molecule is CNC(=O)Nc1cnc(Oc2ccc(-c3cccnc3N)cc2)nc1. The number of amides is 2. The van der Waals surface area contributed by atoms with Gasteiger partial charge >= 0.3 is 12.0 Å². The molecule has 8 nitrogen and oxygen atoms in total. The second-order valence-corrected chi connectivity index (χ2v) is 5.02. The van der Waals surface area contributed by atoms with E-state index in [0.29, 0.717) is 17.3 Å². The number of carbonyl (C=O) groups excluding carboxylic acids is 1. The fraction of sp³-hybridized carbons (Fsp3) is 0.0588. The van der Waals surface area contributed by atoms with Gasteiger partial charge in [0, 0.05) is 18.8 Å². The lowest BCUT2D eigenvalue weighted by atomic mass is 10.1. The van der Waals surface area contributed by atoms with Crippen LogP contribution >= 0.6 is 0 Å². The predicted molar refractivity (Wildman–Crippen MR) is 94.3 cm³/mol. The number of aromatic nitrogens is 3. The van der Waals surface area contributed by atoms with E-state index in [0.717, 1.165) is 11.1 Å². The second-order valence-electron chi connectivity index (χ2n) is 5.02. The Morgan fingerprint density at radius 1 is 1.08 bits per heavy atom. The molecule has 2 aromatic heterocycles. The van der Waals surface area contributed by atoms with Gasteiger partial charge in [-0.3, -0.25) is 0 Å². The van der Waals surface area contributed by atoms with Gasteiger partial charge in [0.25, 0.3) is 0 Å². The van der Waals surface area contributed by atoms with Gasteiger partial charge in [0.15, 0.2) is 0 Å². The smallest absolute Gasteiger partial charge is 0.322 e. The van der Waals surface area contributed by atoms with E-state index in [2.05, 4.69) is 25.6 Å². The fourth-order valence-corrected chi connectivity index (χ4v) is 2.10. The van der Waals surface area contributed by atoms with Crippen molar-refractivity contribution < 1.29 is 9.53 Å². The Bertz CT molecular complexity index is 865. The van der Waals surface area contributed by atoms with Crippen molar-refractivity contribution in [1.82, 2.24) is 20.3 Å².